The van der Waals surface area contributed by atoms with Gasteiger partial charge in [0, 0.05) is 20.1 Å². The lowest BCUT2D eigenvalue weighted by atomic mass is 9.86. The zero-order valence-corrected chi connectivity index (χ0v) is 15.0. The van der Waals surface area contributed by atoms with Gasteiger partial charge in [0.2, 0.25) is 0 Å². The van der Waals surface area contributed by atoms with Crippen molar-refractivity contribution in [3.05, 3.63) is 17.6 Å². The number of hydrogen-bond donors (Lipinski definition) is 3. The Morgan fingerprint density at radius 2 is 2.17 bits per heavy atom. The third-order valence-corrected chi connectivity index (χ3v) is 4.94. The van der Waals surface area contributed by atoms with E-state index < -0.39 is 5.91 Å². The summed E-state index contributed by atoms with van der Waals surface area (Å²) >= 11 is 0. The highest BCUT2D eigenvalue weighted by Gasteiger charge is 2.23. The average molecular weight is 336 g/mol. The second-order valence-corrected chi connectivity index (χ2v) is 7.62. The van der Waals surface area contributed by atoms with Crippen molar-refractivity contribution in [2.75, 3.05) is 5.32 Å². The van der Waals surface area contributed by atoms with E-state index in [0.717, 1.165) is 38.5 Å². The van der Waals surface area contributed by atoms with Crippen LogP contribution in [0.4, 0.5) is 5.82 Å². The van der Waals surface area contributed by atoms with Crippen molar-refractivity contribution >= 4 is 11.7 Å². The van der Waals surface area contributed by atoms with Crippen LogP contribution in [0.25, 0.3) is 0 Å². The van der Waals surface area contributed by atoms with Crippen LogP contribution < -0.4 is 11.1 Å². The highest BCUT2D eigenvalue weighted by atomic mass is 16.3. The molecular weight excluding hydrogens is 304 g/mol. The van der Waals surface area contributed by atoms with E-state index in [-0.39, 0.29) is 19.0 Å². The van der Waals surface area contributed by atoms with E-state index in [1.54, 1.807) is 0 Å². The average Bonchev–Trinajstić information content (AvgIpc) is 2.71. The SMILES string of the molecule is CCC(C)(C)Cc1ncc(C(N)=O)c(N[C@@H]2CCCC[C@H](O)C2)n1.[HH]. The largest absolute Gasteiger partial charge is 0.393 e. The molecule has 136 valence electrons. The summed E-state index contributed by atoms with van der Waals surface area (Å²) in [6.07, 6.45) is 7.51. The van der Waals surface area contributed by atoms with Gasteiger partial charge in [0.25, 0.3) is 5.91 Å². The number of hydrogen-bond acceptors (Lipinski definition) is 5. The second kappa shape index (κ2) is 7.92. The standard InChI is InChI=1S/C18H30N4O2.H2/c1-4-18(2,3)10-15-20-11-14(16(19)24)17(22-15)21-12-7-5-6-8-13(23)9-12;/h11-13,23H,4-10H2,1-3H3,(H2,19,24)(H,20,21,22);1H/t12-,13+;/m1./s1. The summed E-state index contributed by atoms with van der Waals surface area (Å²) in [5, 5.41) is 13.3. The van der Waals surface area contributed by atoms with E-state index in [1.165, 1.54) is 6.20 Å². The van der Waals surface area contributed by atoms with Crippen LogP contribution in [-0.2, 0) is 6.42 Å². The fourth-order valence-corrected chi connectivity index (χ4v) is 3.01. The van der Waals surface area contributed by atoms with Crippen LogP contribution in [0, 0.1) is 5.41 Å². The highest BCUT2D eigenvalue weighted by molar-refractivity contribution is 5.97. The van der Waals surface area contributed by atoms with Gasteiger partial charge < -0.3 is 16.2 Å². The van der Waals surface area contributed by atoms with Gasteiger partial charge in [-0.3, -0.25) is 4.79 Å². The Balaban J connectivity index is 0.00000312. The minimum Gasteiger partial charge on any atom is -0.393 e. The topological polar surface area (TPSA) is 101 Å². The molecule has 0 spiro atoms. The predicted octanol–water partition coefficient (Wildman–Crippen LogP) is 2.91. The van der Waals surface area contributed by atoms with Crippen molar-refractivity contribution in [3.63, 3.8) is 0 Å². The number of nitrogens with zero attached hydrogens (tertiary/aromatic N) is 2. The molecule has 0 aromatic carbocycles. The van der Waals surface area contributed by atoms with Crippen LogP contribution in [0.1, 0.15) is 76.9 Å². The summed E-state index contributed by atoms with van der Waals surface area (Å²) in [7, 11) is 0. The van der Waals surface area contributed by atoms with Gasteiger partial charge in [-0.25, -0.2) is 9.97 Å². The molecule has 6 nitrogen and oxygen atoms in total. The fraction of sp³-hybridized carbons (Fsp3) is 0.722. The smallest absolute Gasteiger partial charge is 0.254 e. The first kappa shape index (κ1) is 18.6. The molecule has 24 heavy (non-hydrogen) atoms. The highest BCUT2D eigenvalue weighted by Crippen LogP contribution is 2.26. The molecule has 1 aromatic heterocycles. The number of primary amides is 1. The molecule has 0 radical (unpaired) electrons. The summed E-state index contributed by atoms with van der Waals surface area (Å²) in [5.41, 5.74) is 5.89. The molecule has 1 aliphatic rings. The van der Waals surface area contributed by atoms with Crippen LogP contribution >= 0.6 is 0 Å². The number of rotatable bonds is 6. The molecule has 0 unspecified atom stereocenters. The van der Waals surface area contributed by atoms with Crippen molar-refractivity contribution in [1.82, 2.24) is 9.97 Å². The van der Waals surface area contributed by atoms with Crippen LogP contribution in [0.2, 0.25) is 0 Å². The van der Waals surface area contributed by atoms with E-state index >= 15 is 0 Å². The summed E-state index contributed by atoms with van der Waals surface area (Å²) in [4.78, 5) is 20.6. The zero-order valence-electron chi connectivity index (χ0n) is 15.0. The monoisotopic (exact) mass is 336 g/mol. The van der Waals surface area contributed by atoms with E-state index in [2.05, 4.69) is 36.1 Å². The lowest BCUT2D eigenvalue weighted by Gasteiger charge is -2.23. The van der Waals surface area contributed by atoms with Crippen molar-refractivity contribution in [1.29, 1.82) is 0 Å². The Morgan fingerprint density at radius 1 is 1.46 bits per heavy atom. The van der Waals surface area contributed by atoms with Crippen LogP contribution in [0.15, 0.2) is 6.20 Å². The first-order valence-electron chi connectivity index (χ1n) is 8.91. The Kier molecular flexibility index (Phi) is 6.15. The van der Waals surface area contributed by atoms with E-state index in [4.69, 9.17) is 5.73 Å². The van der Waals surface area contributed by atoms with Crippen molar-refractivity contribution in [2.24, 2.45) is 11.1 Å². The van der Waals surface area contributed by atoms with E-state index in [9.17, 15) is 9.90 Å². The Bertz CT molecular complexity index is 580. The normalized spacial score (nSPS) is 22.0. The Morgan fingerprint density at radius 3 is 2.83 bits per heavy atom. The second-order valence-electron chi connectivity index (χ2n) is 7.62. The molecule has 1 saturated carbocycles. The minimum absolute atomic E-state index is 0. The van der Waals surface area contributed by atoms with Gasteiger partial charge in [-0.1, -0.05) is 40.0 Å². The number of aromatic nitrogens is 2. The summed E-state index contributed by atoms with van der Waals surface area (Å²) < 4.78 is 0. The molecule has 1 aliphatic carbocycles. The number of amides is 1. The van der Waals surface area contributed by atoms with Gasteiger partial charge in [0.05, 0.1) is 11.7 Å². The van der Waals surface area contributed by atoms with Gasteiger partial charge >= 0.3 is 0 Å². The van der Waals surface area contributed by atoms with Crippen molar-refractivity contribution in [3.8, 4) is 0 Å². The number of anilines is 1. The van der Waals surface area contributed by atoms with Gasteiger partial charge in [-0.2, -0.15) is 0 Å². The Labute approximate surface area is 145 Å². The first-order chi connectivity index (χ1) is 11.3. The summed E-state index contributed by atoms with van der Waals surface area (Å²) in [6, 6.07) is 0.0996. The molecule has 0 aliphatic heterocycles. The predicted molar refractivity (Wildman–Crippen MR) is 96.9 cm³/mol. The minimum atomic E-state index is -0.534. The molecule has 4 N–H and O–H groups in total. The van der Waals surface area contributed by atoms with Crippen LogP contribution in [-0.4, -0.2) is 33.1 Å². The van der Waals surface area contributed by atoms with Gasteiger partial charge in [-0.15, -0.1) is 0 Å². The molecule has 1 fully saturated rings. The van der Waals surface area contributed by atoms with Crippen LogP contribution in [0.5, 0.6) is 0 Å². The van der Waals surface area contributed by atoms with Gasteiger partial charge in [0.1, 0.15) is 11.6 Å². The summed E-state index contributed by atoms with van der Waals surface area (Å²) in [6.45, 7) is 6.49. The fourth-order valence-electron chi connectivity index (χ4n) is 3.01. The molecule has 0 saturated heterocycles. The molecule has 1 aromatic rings. The van der Waals surface area contributed by atoms with Crippen molar-refractivity contribution in [2.45, 2.75) is 77.9 Å². The number of nitrogens with one attached hydrogen (secondary N) is 1. The number of aliphatic hydroxyl groups is 1. The quantitative estimate of drug-likeness (QED) is 0.693. The van der Waals surface area contributed by atoms with E-state index in [0.29, 0.717) is 23.6 Å². The lowest BCUT2D eigenvalue weighted by Crippen LogP contribution is -2.27. The molecule has 2 atom stereocenters. The van der Waals surface area contributed by atoms with Crippen molar-refractivity contribution < 1.29 is 11.3 Å². The maximum atomic E-state index is 11.7. The molecule has 2 rings (SSSR count). The van der Waals surface area contributed by atoms with Gasteiger partial charge in [0.15, 0.2) is 0 Å². The number of carbonyl (C=O) groups excluding carboxylic acids is 1. The third kappa shape index (κ3) is 5.16. The number of aliphatic hydroxyl groups excluding tert-OH is 1. The maximum absolute atomic E-state index is 11.7. The maximum Gasteiger partial charge on any atom is 0.254 e. The molecule has 1 amide bonds. The molecule has 6 heteroatoms. The number of carbonyl (C=O) groups is 1. The molecular formula is C18H32N4O2. The third-order valence-electron chi connectivity index (χ3n) is 4.94. The first-order valence-corrected chi connectivity index (χ1v) is 8.91. The zero-order chi connectivity index (χ0) is 17.7. The van der Waals surface area contributed by atoms with E-state index in [1.807, 2.05) is 0 Å². The lowest BCUT2D eigenvalue weighted by molar-refractivity contribution is 0.100. The Hall–Kier alpha value is -1.69. The molecule has 0 bridgehead atoms. The summed E-state index contributed by atoms with van der Waals surface area (Å²) in [5.74, 6) is 0.676. The number of nitrogens with two attached hydrogens (primary N) is 1. The van der Waals surface area contributed by atoms with Gasteiger partial charge in [-0.05, 0) is 24.7 Å². The van der Waals surface area contributed by atoms with Crippen LogP contribution in [0.3, 0.4) is 0 Å². The molecule has 1 heterocycles.